The molecule has 4 aliphatic rings. The fraction of sp³-hybridized carbons (Fsp3) is 0.897. The van der Waals surface area contributed by atoms with Crippen molar-refractivity contribution in [2.45, 2.75) is 118 Å². The number of quaternary nitrogens is 1. The first-order valence-corrected chi connectivity index (χ1v) is 14.1. The second kappa shape index (κ2) is 9.86. The van der Waals surface area contributed by atoms with Gasteiger partial charge in [0.05, 0.1) is 0 Å². The van der Waals surface area contributed by atoms with E-state index in [-0.39, 0.29) is 17.5 Å². The van der Waals surface area contributed by atoms with Crippen LogP contribution < -0.4 is 5.23 Å². The summed E-state index contributed by atoms with van der Waals surface area (Å²) in [5.41, 5.74) is 2.04. The van der Waals surface area contributed by atoms with E-state index in [0.717, 1.165) is 36.2 Å². The van der Waals surface area contributed by atoms with Gasteiger partial charge in [0.1, 0.15) is 11.8 Å². The maximum absolute atomic E-state index is 12.5. The standard InChI is InChI=1S/C29H49NO4/c1-18(2)8-7-9-19(3)23-10-11-24-22-17-27(30(32)33)26-16-21(34-20(4)31)12-14-29(26,6)25(22)13-15-28(23,24)5/h18-19,21-25,30,32H,7-17H2,1-6H3/t19-,21-,22+,23+,24-,25+,28+,29+/m0/s1. The largest absolute Gasteiger partial charge is 0.595 e. The normalized spacial score (nSPS) is 41.5. The number of nitrogens with one attached hydrogen (secondary N) is 1. The predicted octanol–water partition coefficient (Wildman–Crippen LogP) is 6.06. The van der Waals surface area contributed by atoms with Crippen LogP contribution in [0.2, 0.25) is 0 Å². The minimum atomic E-state index is -0.743. The maximum Gasteiger partial charge on any atom is 0.302 e. The fourth-order valence-corrected chi connectivity index (χ4v) is 9.35. The van der Waals surface area contributed by atoms with Gasteiger partial charge in [-0.15, -0.1) is 0 Å². The molecule has 0 saturated heterocycles. The molecule has 0 aromatic rings. The Hall–Kier alpha value is -0.910. The number of rotatable bonds is 7. The highest BCUT2D eigenvalue weighted by molar-refractivity contribution is 5.66. The average Bonchev–Trinajstić information content (AvgIpc) is 3.10. The minimum Gasteiger partial charge on any atom is -0.595 e. The second-order valence-corrected chi connectivity index (χ2v) is 13.3. The molecular formula is C29H49NO4. The molecule has 34 heavy (non-hydrogen) atoms. The Labute approximate surface area is 207 Å². The fourth-order valence-electron chi connectivity index (χ4n) is 9.35. The van der Waals surface area contributed by atoms with Crippen molar-refractivity contribution in [2.75, 3.05) is 0 Å². The predicted molar refractivity (Wildman–Crippen MR) is 134 cm³/mol. The van der Waals surface area contributed by atoms with E-state index in [0.29, 0.717) is 41.7 Å². The van der Waals surface area contributed by atoms with Crippen molar-refractivity contribution in [3.63, 3.8) is 0 Å². The zero-order valence-electron chi connectivity index (χ0n) is 22.5. The van der Waals surface area contributed by atoms with E-state index in [1.54, 1.807) is 0 Å². The summed E-state index contributed by atoms with van der Waals surface area (Å²) in [4.78, 5) is 11.6. The number of esters is 1. The summed E-state index contributed by atoms with van der Waals surface area (Å²) in [6, 6.07) is 0. The molecule has 3 saturated carbocycles. The molecule has 4 aliphatic carbocycles. The maximum atomic E-state index is 12.5. The van der Waals surface area contributed by atoms with Crippen molar-refractivity contribution in [3.8, 4) is 0 Å². The summed E-state index contributed by atoms with van der Waals surface area (Å²) in [6.07, 6.45) is 12.0. The number of ether oxygens (including phenoxy) is 1. The van der Waals surface area contributed by atoms with Crippen LogP contribution in [0.4, 0.5) is 0 Å². The number of allylic oxidation sites excluding steroid dienone is 1. The van der Waals surface area contributed by atoms with Gasteiger partial charge >= 0.3 is 5.97 Å². The van der Waals surface area contributed by atoms with Crippen LogP contribution in [0.25, 0.3) is 0 Å². The first-order chi connectivity index (χ1) is 16.0. The molecule has 0 radical (unpaired) electrons. The van der Waals surface area contributed by atoms with Crippen LogP contribution in [-0.4, -0.2) is 17.3 Å². The summed E-state index contributed by atoms with van der Waals surface area (Å²) >= 11 is 0. The van der Waals surface area contributed by atoms with E-state index in [4.69, 9.17) is 4.74 Å². The Morgan fingerprint density at radius 1 is 1.09 bits per heavy atom. The van der Waals surface area contributed by atoms with Gasteiger partial charge in [0.2, 0.25) is 0 Å². The topological polar surface area (TPSA) is 74.0 Å². The van der Waals surface area contributed by atoms with E-state index in [1.165, 1.54) is 51.9 Å². The number of carbonyl (C=O) groups is 1. The average molecular weight is 476 g/mol. The number of fused-ring (bicyclic) bond motifs is 5. The Morgan fingerprint density at radius 2 is 1.82 bits per heavy atom. The Kier molecular flexibility index (Phi) is 7.59. The van der Waals surface area contributed by atoms with Crippen LogP contribution in [0.5, 0.6) is 0 Å². The summed E-state index contributed by atoms with van der Waals surface area (Å²) in [6.45, 7) is 13.5. The zero-order valence-corrected chi connectivity index (χ0v) is 22.5. The van der Waals surface area contributed by atoms with Gasteiger partial charge in [0.25, 0.3) is 0 Å². The molecule has 0 bridgehead atoms. The SMILES string of the molecule is CC(=O)O[C@H]1CC[C@@]2(C)C(=C([NH+]([O-])O)C[C@H]3[C@H]2CC[C@]2(C)[C@@H]([C@@H](C)CCCC(C)C)CC[C@@H]32)C1. The highest BCUT2D eigenvalue weighted by Gasteiger charge is 2.61. The molecule has 2 N–H and O–H groups in total. The van der Waals surface area contributed by atoms with Crippen molar-refractivity contribution < 1.29 is 20.0 Å². The minimum absolute atomic E-state index is 0.0599. The van der Waals surface area contributed by atoms with E-state index < -0.39 is 5.23 Å². The van der Waals surface area contributed by atoms with Crippen LogP contribution >= 0.6 is 0 Å². The third-order valence-corrected chi connectivity index (χ3v) is 11.0. The third kappa shape index (κ3) is 4.62. The monoisotopic (exact) mass is 475 g/mol. The van der Waals surface area contributed by atoms with E-state index in [2.05, 4.69) is 34.6 Å². The lowest BCUT2D eigenvalue weighted by atomic mass is 9.46. The summed E-state index contributed by atoms with van der Waals surface area (Å²) in [7, 11) is 0. The zero-order chi connectivity index (χ0) is 24.8. The van der Waals surface area contributed by atoms with Crippen LogP contribution in [0.3, 0.4) is 0 Å². The van der Waals surface area contributed by atoms with Crippen LogP contribution in [0.15, 0.2) is 11.3 Å². The van der Waals surface area contributed by atoms with Gasteiger partial charge in [-0.3, -0.25) is 4.79 Å². The summed E-state index contributed by atoms with van der Waals surface area (Å²) in [5.74, 6) is 3.75. The first kappa shape index (κ1) is 26.2. The lowest BCUT2D eigenvalue weighted by Gasteiger charge is -2.59. The van der Waals surface area contributed by atoms with Crippen molar-refractivity contribution in [2.24, 2.45) is 46.3 Å². The lowest BCUT2D eigenvalue weighted by Crippen LogP contribution is -3.03. The molecule has 0 heterocycles. The number of hydrogen-bond acceptors (Lipinski definition) is 4. The van der Waals surface area contributed by atoms with Gasteiger partial charge in [0.15, 0.2) is 0 Å². The molecule has 0 spiro atoms. The molecule has 3 fully saturated rings. The molecule has 0 aromatic carbocycles. The van der Waals surface area contributed by atoms with Gasteiger partial charge < -0.3 is 9.94 Å². The summed E-state index contributed by atoms with van der Waals surface area (Å²) < 4.78 is 5.56. The van der Waals surface area contributed by atoms with E-state index >= 15 is 0 Å². The van der Waals surface area contributed by atoms with Gasteiger partial charge in [-0.2, -0.15) is 5.23 Å². The van der Waals surface area contributed by atoms with Crippen LogP contribution in [0.1, 0.15) is 112 Å². The molecule has 1 unspecified atom stereocenters. The van der Waals surface area contributed by atoms with Crippen LogP contribution in [0, 0.1) is 51.5 Å². The third-order valence-electron chi connectivity index (χ3n) is 11.0. The van der Waals surface area contributed by atoms with Crippen molar-refractivity contribution >= 4 is 5.97 Å². The van der Waals surface area contributed by atoms with Gasteiger partial charge in [-0.1, -0.05) is 53.9 Å². The molecule has 0 amide bonds. The van der Waals surface area contributed by atoms with Gasteiger partial charge in [0, 0.05) is 19.8 Å². The van der Waals surface area contributed by atoms with Gasteiger partial charge in [-0.25, -0.2) is 5.21 Å². The Balaban J connectivity index is 1.57. The van der Waals surface area contributed by atoms with Gasteiger partial charge in [-0.05, 0) is 90.4 Å². The highest BCUT2D eigenvalue weighted by atomic mass is 16.8. The highest BCUT2D eigenvalue weighted by Crippen LogP contribution is 2.68. The molecule has 9 atom stereocenters. The lowest BCUT2D eigenvalue weighted by molar-refractivity contribution is -1.02. The Morgan fingerprint density at radius 3 is 2.47 bits per heavy atom. The molecule has 194 valence electrons. The van der Waals surface area contributed by atoms with Crippen LogP contribution in [-0.2, 0) is 9.53 Å². The molecule has 5 heteroatoms. The molecular weight excluding hydrogens is 426 g/mol. The second-order valence-electron chi connectivity index (χ2n) is 13.3. The molecule has 5 nitrogen and oxygen atoms in total. The molecule has 0 aliphatic heterocycles. The summed E-state index contributed by atoms with van der Waals surface area (Å²) in [5, 5.41) is 22.0. The number of hydroxylamine groups is 2. The Bertz CT molecular complexity index is 791. The quantitative estimate of drug-likeness (QED) is 0.347. The van der Waals surface area contributed by atoms with Crippen molar-refractivity contribution in [3.05, 3.63) is 16.5 Å². The first-order valence-electron chi connectivity index (χ1n) is 14.1. The van der Waals surface area contributed by atoms with Crippen molar-refractivity contribution in [1.82, 2.24) is 0 Å². The van der Waals surface area contributed by atoms with E-state index in [9.17, 15) is 15.2 Å². The molecule has 0 aromatic heterocycles. The smallest absolute Gasteiger partial charge is 0.302 e. The molecule has 4 rings (SSSR count). The number of carbonyl (C=O) groups excluding carboxylic acids is 1. The van der Waals surface area contributed by atoms with Crippen molar-refractivity contribution in [1.29, 1.82) is 0 Å². The van der Waals surface area contributed by atoms with E-state index in [1.807, 2.05) is 0 Å². The number of hydrogen-bond donors (Lipinski definition) is 2.